The summed E-state index contributed by atoms with van der Waals surface area (Å²) in [6.07, 6.45) is 7.05. The number of rotatable bonds is 3. The van der Waals surface area contributed by atoms with Crippen molar-refractivity contribution in [1.82, 2.24) is 15.1 Å². The first-order valence-corrected chi connectivity index (χ1v) is 8.27. The van der Waals surface area contributed by atoms with E-state index >= 15 is 0 Å². The van der Waals surface area contributed by atoms with Gasteiger partial charge in [-0.25, -0.2) is 0 Å². The first-order valence-electron chi connectivity index (χ1n) is 7.47. The molecule has 0 amide bonds. The molecular weight excluding hydrogens is 302 g/mol. The summed E-state index contributed by atoms with van der Waals surface area (Å²) in [6, 6.07) is 0.391. The Labute approximate surface area is 125 Å². The fourth-order valence-corrected chi connectivity index (χ4v) is 3.85. The van der Waals surface area contributed by atoms with Gasteiger partial charge in [0.05, 0.1) is 21.9 Å². The molecule has 0 spiro atoms. The molecule has 4 heteroatoms. The molecule has 108 valence electrons. The molecule has 1 aromatic rings. The zero-order valence-corrected chi connectivity index (χ0v) is 14.1. The maximum Gasteiger partial charge on any atom is 0.0732 e. The Balaban J connectivity index is 2.52. The van der Waals surface area contributed by atoms with Gasteiger partial charge in [0.25, 0.3) is 0 Å². The van der Waals surface area contributed by atoms with E-state index in [1.807, 2.05) is 6.20 Å². The highest BCUT2D eigenvalue weighted by atomic mass is 79.9. The molecule has 1 fully saturated rings. The fraction of sp³-hybridized carbons (Fsp3) is 0.800. The van der Waals surface area contributed by atoms with Gasteiger partial charge < -0.3 is 5.32 Å². The third-order valence-corrected chi connectivity index (χ3v) is 4.92. The average molecular weight is 328 g/mol. The Hall–Kier alpha value is -0.350. The van der Waals surface area contributed by atoms with Crippen LogP contribution in [-0.2, 0) is 5.54 Å². The van der Waals surface area contributed by atoms with Crippen molar-refractivity contribution in [3.05, 3.63) is 16.4 Å². The van der Waals surface area contributed by atoms with Gasteiger partial charge >= 0.3 is 0 Å². The number of hydrogen-bond donors (Lipinski definition) is 1. The summed E-state index contributed by atoms with van der Waals surface area (Å²) in [4.78, 5) is 0. The summed E-state index contributed by atoms with van der Waals surface area (Å²) in [5.41, 5.74) is 1.38. The second kappa shape index (κ2) is 5.96. The van der Waals surface area contributed by atoms with Crippen molar-refractivity contribution in [3.8, 4) is 0 Å². The van der Waals surface area contributed by atoms with Gasteiger partial charge in [-0.2, -0.15) is 5.10 Å². The minimum Gasteiger partial charge on any atom is -0.306 e. The lowest BCUT2D eigenvalue weighted by Gasteiger charge is -2.39. The minimum absolute atomic E-state index is 0.0517. The molecule has 19 heavy (non-hydrogen) atoms. The second-order valence-electron chi connectivity index (χ2n) is 6.24. The quantitative estimate of drug-likeness (QED) is 0.899. The lowest BCUT2D eigenvalue weighted by Crippen LogP contribution is -2.48. The van der Waals surface area contributed by atoms with Gasteiger partial charge in [0.1, 0.15) is 0 Å². The van der Waals surface area contributed by atoms with Crippen LogP contribution in [0.15, 0.2) is 10.7 Å². The van der Waals surface area contributed by atoms with E-state index in [0.29, 0.717) is 12.0 Å². The SMILES string of the molecule is CC(C)n1ncc(Br)c1C1(C(C)C)CCCCCN1. The van der Waals surface area contributed by atoms with E-state index in [1.54, 1.807) is 0 Å². The number of halogens is 1. The van der Waals surface area contributed by atoms with Crippen molar-refractivity contribution >= 4 is 15.9 Å². The van der Waals surface area contributed by atoms with E-state index in [0.717, 1.165) is 11.0 Å². The van der Waals surface area contributed by atoms with Gasteiger partial charge in [-0.15, -0.1) is 0 Å². The highest BCUT2D eigenvalue weighted by molar-refractivity contribution is 9.10. The van der Waals surface area contributed by atoms with Crippen LogP contribution in [-0.4, -0.2) is 16.3 Å². The van der Waals surface area contributed by atoms with Crippen molar-refractivity contribution in [2.45, 2.75) is 65.0 Å². The minimum atomic E-state index is 0.0517. The first-order chi connectivity index (χ1) is 8.99. The van der Waals surface area contributed by atoms with Gasteiger partial charge in [0, 0.05) is 6.04 Å². The molecule has 0 radical (unpaired) electrons. The molecule has 0 saturated carbocycles. The van der Waals surface area contributed by atoms with E-state index in [1.165, 1.54) is 31.4 Å². The molecule has 1 aromatic heterocycles. The zero-order chi connectivity index (χ0) is 14.0. The van der Waals surface area contributed by atoms with Crippen LogP contribution < -0.4 is 5.32 Å². The van der Waals surface area contributed by atoms with Crippen molar-refractivity contribution in [2.24, 2.45) is 5.92 Å². The Morgan fingerprint density at radius 3 is 2.63 bits per heavy atom. The van der Waals surface area contributed by atoms with Crippen LogP contribution in [0, 0.1) is 5.92 Å². The number of aromatic nitrogens is 2. The Bertz CT molecular complexity index is 415. The van der Waals surface area contributed by atoms with E-state index in [-0.39, 0.29) is 5.54 Å². The van der Waals surface area contributed by atoms with Crippen molar-refractivity contribution in [2.75, 3.05) is 6.54 Å². The largest absolute Gasteiger partial charge is 0.306 e. The number of hydrogen-bond acceptors (Lipinski definition) is 2. The summed E-state index contributed by atoms with van der Waals surface area (Å²) in [7, 11) is 0. The number of nitrogens with one attached hydrogen (secondary N) is 1. The van der Waals surface area contributed by atoms with Crippen LogP contribution >= 0.6 is 15.9 Å². The van der Waals surface area contributed by atoms with Crippen LogP contribution in [0.2, 0.25) is 0 Å². The maximum absolute atomic E-state index is 4.58. The van der Waals surface area contributed by atoms with Crippen molar-refractivity contribution < 1.29 is 0 Å². The van der Waals surface area contributed by atoms with Gasteiger partial charge in [-0.05, 0) is 55.1 Å². The van der Waals surface area contributed by atoms with Gasteiger partial charge in [0.2, 0.25) is 0 Å². The van der Waals surface area contributed by atoms with Crippen molar-refractivity contribution in [3.63, 3.8) is 0 Å². The van der Waals surface area contributed by atoms with Crippen LogP contribution in [0.25, 0.3) is 0 Å². The van der Waals surface area contributed by atoms with Crippen LogP contribution in [0.5, 0.6) is 0 Å². The topological polar surface area (TPSA) is 29.9 Å². The Morgan fingerprint density at radius 2 is 2.00 bits per heavy atom. The molecule has 2 rings (SSSR count). The third kappa shape index (κ3) is 2.75. The summed E-state index contributed by atoms with van der Waals surface area (Å²) < 4.78 is 3.33. The predicted octanol–water partition coefficient (Wildman–Crippen LogP) is 4.24. The lowest BCUT2D eigenvalue weighted by atomic mass is 9.79. The molecule has 1 aliphatic heterocycles. The molecule has 0 aliphatic carbocycles. The van der Waals surface area contributed by atoms with Crippen LogP contribution in [0.1, 0.15) is 65.1 Å². The molecule has 0 aromatic carbocycles. The molecule has 1 unspecified atom stereocenters. The molecule has 1 atom stereocenters. The molecule has 1 saturated heterocycles. The molecule has 1 N–H and O–H groups in total. The smallest absolute Gasteiger partial charge is 0.0732 e. The van der Waals surface area contributed by atoms with Gasteiger partial charge in [-0.3, -0.25) is 4.68 Å². The van der Waals surface area contributed by atoms with E-state index < -0.39 is 0 Å². The molecule has 1 aliphatic rings. The maximum atomic E-state index is 4.58. The third-order valence-electron chi connectivity index (χ3n) is 4.34. The predicted molar refractivity (Wildman–Crippen MR) is 83.3 cm³/mol. The normalized spacial score (nSPS) is 25.0. The van der Waals surface area contributed by atoms with Crippen LogP contribution in [0.3, 0.4) is 0 Å². The second-order valence-corrected chi connectivity index (χ2v) is 7.10. The lowest BCUT2D eigenvalue weighted by molar-refractivity contribution is 0.208. The molecular formula is C15H26BrN3. The molecule has 0 bridgehead atoms. The van der Waals surface area contributed by atoms with E-state index in [9.17, 15) is 0 Å². The Morgan fingerprint density at radius 1 is 1.26 bits per heavy atom. The van der Waals surface area contributed by atoms with Crippen molar-refractivity contribution in [1.29, 1.82) is 0 Å². The standard InChI is InChI=1S/C15H26BrN3/c1-11(2)15(8-6-5-7-9-17-15)14-13(16)10-18-19(14)12(3)4/h10-12,17H,5-9H2,1-4H3. The van der Waals surface area contributed by atoms with Gasteiger partial charge in [-0.1, -0.05) is 26.7 Å². The van der Waals surface area contributed by atoms with Gasteiger partial charge in [0.15, 0.2) is 0 Å². The first kappa shape index (κ1) is 15.0. The summed E-state index contributed by atoms with van der Waals surface area (Å²) in [5, 5.41) is 8.42. The van der Waals surface area contributed by atoms with E-state index in [4.69, 9.17) is 0 Å². The summed E-state index contributed by atoms with van der Waals surface area (Å²) in [6.45, 7) is 10.2. The highest BCUT2D eigenvalue weighted by Gasteiger charge is 2.40. The zero-order valence-electron chi connectivity index (χ0n) is 12.5. The average Bonchev–Trinajstić information content (AvgIpc) is 2.60. The summed E-state index contributed by atoms with van der Waals surface area (Å²) >= 11 is 3.73. The highest BCUT2D eigenvalue weighted by Crippen LogP contribution is 2.40. The summed E-state index contributed by atoms with van der Waals surface area (Å²) in [5.74, 6) is 0.552. The van der Waals surface area contributed by atoms with E-state index in [2.05, 4.69) is 58.7 Å². The molecule has 3 nitrogen and oxygen atoms in total. The monoisotopic (exact) mass is 327 g/mol. The fourth-order valence-electron chi connectivity index (χ4n) is 3.22. The van der Waals surface area contributed by atoms with Crippen LogP contribution in [0.4, 0.5) is 0 Å². The Kier molecular flexibility index (Phi) is 4.72. The number of nitrogens with zero attached hydrogens (tertiary/aromatic N) is 2. The molecule has 2 heterocycles.